The molecule has 8 heteroatoms. The Bertz CT molecular complexity index is 493. The van der Waals surface area contributed by atoms with Gasteiger partial charge in [-0.25, -0.2) is 0 Å². The first-order valence-electron chi connectivity index (χ1n) is 7.16. The topological polar surface area (TPSA) is 54.9 Å². The molecule has 0 aromatic heterocycles. The number of nitrogens with zero attached hydrogens (tertiary/aromatic N) is 1. The Labute approximate surface area is 133 Å². The van der Waals surface area contributed by atoms with Gasteiger partial charge in [0.2, 0.25) is 0 Å². The van der Waals surface area contributed by atoms with Crippen LogP contribution in [0.5, 0.6) is 5.75 Å². The van der Waals surface area contributed by atoms with E-state index in [1.54, 1.807) is 7.11 Å². The molecule has 0 unspecified atom stereocenters. The van der Waals surface area contributed by atoms with E-state index in [1.165, 1.54) is 7.05 Å². The van der Waals surface area contributed by atoms with Crippen molar-refractivity contribution in [3.63, 3.8) is 0 Å². The molecule has 130 valence electrons. The molecule has 23 heavy (non-hydrogen) atoms. The van der Waals surface area contributed by atoms with Crippen LogP contribution in [0.15, 0.2) is 29.3 Å². The summed E-state index contributed by atoms with van der Waals surface area (Å²) in [5.74, 6) is 1.03. The van der Waals surface area contributed by atoms with Gasteiger partial charge < -0.3 is 20.1 Å². The van der Waals surface area contributed by atoms with Gasteiger partial charge in [-0.3, -0.25) is 4.99 Å². The largest absolute Gasteiger partial charge is 0.491 e. The van der Waals surface area contributed by atoms with Gasteiger partial charge in [-0.15, -0.1) is 0 Å². The molecule has 1 rings (SSSR count). The van der Waals surface area contributed by atoms with Gasteiger partial charge in [0, 0.05) is 27.2 Å². The van der Waals surface area contributed by atoms with E-state index in [0.717, 1.165) is 5.56 Å². The molecule has 0 fully saturated rings. The van der Waals surface area contributed by atoms with E-state index in [0.29, 0.717) is 31.5 Å². The van der Waals surface area contributed by atoms with E-state index in [9.17, 15) is 13.2 Å². The lowest BCUT2D eigenvalue weighted by Crippen LogP contribution is -2.38. The fourth-order valence-corrected chi connectivity index (χ4v) is 1.72. The van der Waals surface area contributed by atoms with Crippen molar-refractivity contribution < 1.29 is 22.6 Å². The average molecular weight is 333 g/mol. The van der Waals surface area contributed by atoms with E-state index >= 15 is 0 Å². The van der Waals surface area contributed by atoms with E-state index in [4.69, 9.17) is 9.47 Å². The highest BCUT2D eigenvalue weighted by atomic mass is 19.4. The van der Waals surface area contributed by atoms with Crippen molar-refractivity contribution in [2.24, 2.45) is 4.99 Å². The third-order valence-corrected chi connectivity index (χ3v) is 2.84. The normalized spacial score (nSPS) is 12.1. The van der Waals surface area contributed by atoms with Crippen LogP contribution in [-0.2, 0) is 11.3 Å². The van der Waals surface area contributed by atoms with Crippen molar-refractivity contribution in [2.45, 2.75) is 19.1 Å². The molecule has 0 spiro atoms. The summed E-state index contributed by atoms with van der Waals surface area (Å²) < 4.78 is 46.7. The van der Waals surface area contributed by atoms with E-state index < -0.39 is 12.6 Å². The molecule has 0 aliphatic carbocycles. The molecule has 0 saturated carbocycles. The van der Waals surface area contributed by atoms with Gasteiger partial charge in [-0.05, 0) is 17.7 Å². The Kier molecular flexibility index (Phi) is 8.25. The fourth-order valence-electron chi connectivity index (χ4n) is 1.72. The van der Waals surface area contributed by atoms with Crippen LogP contribution in [-0.4, -0.2) is 46.1 Å². The molecule has 1 aromatic rings. The summed E-state index contributed by atoms with van der Waals surface area (Å²) in [7, 11) is 3.11. The first-order valence-corrected chi connectivity index (χ1v) is 7.16. The van der Waals surface area contributed by atoms with Crippen LogP contribution < -0.4 is 15.4 Å². The second-order valence-corrected chi connectivity index (χ2v) is 4.71. The van der Waals surface area contributed by atoms with Gasteiger partial charge in [0.25, 0.3) is 0 Å². The van der Waals surface area contributed by atoms with E-state index in [1.807, 2.05) is 24.3 Å². The molecule has 0 atom stereocenters. The third-order valence-electron chi connectivity index (χ3n) is 2.84. The number of hydrogen-bond donors (Lipinski definition) is 2. The van der Waals surface area contributed by atoms with Crippen molar-refractivity contribution in [2.75, 3.05) is 33.9 Å². The Morgan fingerprint density at radius 3 is 2.65 bits per heavy atom. The van der Waals surface area contributed by atoms with Crippen molar-refractivity contribution >= 4 is 5.96 Å². The lowest BCUT2D eigenvalue weighted by molar-refractivity contribution is -0.132. The predicted octanol–water partition coefficient (Wildman–Crippen LogP) is 2.33. The summed E-state index contributed by atoms with van der Waals surface area (Å²) in [5, 5.41) is 5.58. The molecule has 0 amide bonds. The molecule has 0 bridgehead atoms. The van der Waals surface area contributed by atoms with Crippen molar-refractivity contribution in [1.82, 2.24) is 10.6 Å². The minimum Gasteiger partial charge on any atom is -0.491 e. The van der Waals surface area contributed by atoms with Crippen molar-refractivity contribution in [3.05, 3.63) is 29.8 Å². The van der Waals surface area contributed by atoms with E-state index in [-0.39, 0.29) is 6.54 Å². The number of methoxy groups -OCH3 is 1. The van der Waals surface area contributed by atoms with Crippen LogP contribution in [0.3, 0.4) is 0 Å². The third kappa shape index (κ3) is 8.92. The molecular weight excluding hydrogens is 311 g/mol. The van der Waals surface area contributed by atoms with Gasteiger partial charge in [0.1, 0.15) is 12.4 Å². The van der Waals surface area contributed by atoms with Gasteiger partial charge in [-0.2, -0.15) is 13.2 Å². The summed E-state index contributed by atoms with van der Waals surface area (Å²) in [6, 6.07) is 7.42. The number of nitrogens with one attached hydrogen (secondary N) is 2. The molecule has 0 saturated heterocycles. The van der Waals surface area contributed by atoms with Crippen molar-refractivity contribution in [1.29, 1.82) is 0 Å². The zero-order valence-corrected chi connectivity index (χ0v) is 13.2. The number of ether oxygens (including phenoxy) is 2. The molecule has 0 radical (unpaired) electrons. The Morgan fingerprint density at radius 1 is 1.22 bits per heavy atom. The highest BCUT2D eigenvalue weighted by Crippen LogP contribution is 2.18. The van der Waals surface area contributed by atoms with Gasteiger partial charge in [-0.1, -0.05) is 12.1 Å². The second kappa shape index (κ2) is 9.94. The highest BCUT2D eigenvalue weighted by Gasteiger charge is 2.26. The minimum atomic E-state index is -4.18. The van der Waals surface area contributed by atoms with Crippen molar-refractivity contribution in [3.8, 4) is 5.75 Å². The van der Waals surface area contributed by atoms with Gasteiger partial charge >= 0.3 is 6.18 Å². The molecule has 1 aromatic carbocycles. The highest BCUT2D eigenvalue weighted by molar-refractivity contribution is 5.79. The predicted molar refractivity (Wildman–Crippen MR) is 82.7 cm³/mol. The Hall–Kier alpha value is -1.96. The monoisotopic (exact) mass is 333 g/mol. The summed E-state index contributed by atoms with van der Waals surface area (Å²) in [5.41, 5.74) is 0.929. The molecule has 5 nitrogen and oxygen atoms in total. The maximum atomic E-state index is 12.1. The number of guanidine groups is 1. The SMILES string of the molecule is CN=C(NCCC(F)(F)F)NCc1cccc(OCCOC)c1. The smallest absolute Gasteiger partial charge is 0.390 e. The number of aliphatic imine (C=N–C) groups is 1. The van der Waals surface area contributed by atoms with Crippen LogP contribution in [0.2, 0.25) is 0 Å². The maximum absolute atomic E-state index is 12.1. The summed E-state index contributed by atoms with van der Waals surface area (Å²) in [6.45, 7) is 1.16. The second-order valence-electron chi connectivity index (χ2n) is 4.71. The zero-order chi connectivity index (χ0) is 17.1. The van der Waals surface area contributed by atoms with Crippen LogP contribution in [0.1, 0.15) is 12.0 Å². The molecule has 0 aliphatic heterocycles. The summed E-state index contributed by atoms with van der Waals surface area (Å²) >= 11 is 0. The standard InChI is InChI=1S/C15H22F3N3O2/c1-19-14(20-7-6-15(16,17)18)21-11-12-4-3-5-13(10-12)23-9-8-22-2/h3-5,10H,6-9,11H2,1-2H3,(H2,19,20,21). The Balaban J connectivity index is 2.41. The number of rotatable bonds is 8. The fraction of sp³-hybridized carbons (Fsp3) is 0.533. The van der Waals surface area contributed by atoms with Crippen LogP contribution >= 0.6 is 0 Å². The van der Waals surface area contributed by atoms with Gasteiger partial charge in [0.15, 0.2) is 5.96 Å². The van der Waals surface area contributed by atoms with Crippen LogP contribution in [0, 0.1) is 0 Å². The average Bonchev–Trinajstić information content (AvgIpc) is 2.50. The molecule has 0 heterocycles. The van der Waals surface area contributed by atoms with E-state index in [2.05, 4.69) is 15.6 Å². The minimum absolute atomic E-state index is 0.219. The first kappa shape index (κ1) is 19.1. The number of alkyl halides is 3. The first-order chi connectivity index (χ1) is 10.9. The quantitative estimate of drug-likeness (QED) is 0.436. The zero-order valence-electron chi connectivity index (χ0n) is 13.2. The lowest BCUT2D eigenvalue weighted by Gasteiger charge is -2.13. The Morgan fingerprint density at radius 2 is 2.00 bits per heavy atom. The van der Waals surface area contributed by atoms with Gasteiger partial charge in [0.05, 0.1) is 13.0 Å². The summed E-state index contributed by atoms with van der Waals surface area (Å²) in [6.07, 6.45) is -5.09. The molecular formula is C15H22F3N3O2. The summed E-state index contributed by atoms with van der Waals surface area (Å²) in [4.78, 5) is 3.89. The molecule has 2 N–H and O–H groups in total. The maximum Gasteiger partial charge on any atom is 0.390 e. The van der Waals surface area contributed by atoms with Crippen LogP contribution in [0.25, 0.3) is 0 Å². The number of hydrogen-bond acceptors (Lipinski definition) is 3. The van der Waals surface area contributed by atoms with Crippen LogP contribution in [0.4, 0.5) is 13.2 Å². The lowest BCUT2D eigenvalue weighted by atomic mass is 10.2. The molecule has 0 aliphatic rings. The number of halogens is 3. The number of benzene rings is 1.